The first-order valence-corrected chi connectivity index (χ1v) is 5.17. The van der Waals surface area contributed by atoms with E-state index in [-0.39, 0.29) is 0 Å². The second-order valence-electron chi connectivity index (χ2n) is 3.74. The molecule has 1 aromatic rings. The molecule has 1 N–H and O–H groups in total. The molecule has 0 fully saturated rings. The molecule has 4 heteroatoms. The summed E-state index contributed by atoms with van der Waals surface area (Å²) in [6, 6.07) is 6.69. The van der Waals surface area contributed by atoms with Crippen LogP contribution in [0, 0.1) is 0 Å². The summed E-state index contributed by atoms with van der Waals surface area (Å²) >= 11 is 0. The molecule has 0 saturated heterocycles. The number of hydrogen-bond acceptors (Lipinski definition) is 4. The third-order valence-corrected chi connectivity index (χ3v) is 2.08. The number of aliphatic hydroxyl groups is 1. The van der Waals surface area contributed by atoms with E-state index in [0.717, 1.165) is 5.57 Å². The first-order chi connectivity index (χ1) is 8.04. The minimum absolute atomic E-state index is 0.401. The van der Waals surface area contributed by atoms with Crippen molar-refractivity contribution in [3.05, 3.63) is 42.0 Å². The van der Waals surface area contributed by atoms with Crippen LogP contribution in [0.1, 0.15) is 18.6 Å². The molecule has 1 aromatic carbocycles. The molecule has 17 heavy (non-hydrogen) atoms. The van der Waals surface area contributed by atoms with Gasteiger partial charge < -0.3 is 14.6 Å². The van der Waals surface area contributed by atoms with Gasteiger partial charge in [-0.05, 0) is 30.2 Å². The summed E-state index contributed by atoms with van der Waals surface area (Å²) in [6.45, 7) is 5.98. The fraction of sp³-hybridized carbons (Fsp3) is 0.308. The number of hydrogen-bond donors (Lipinski definition) is 1. The van der Waals surface area contributed by atoms with Crippen LogP contribution in [-0.4, -0.2) is 24.8 Å². The zero-order valence-corrected chi connectivity index (χ0v) is 9.97. The molecule has 0 bridgehead atoms. The van der Waals surface area contributed by atoms with Gasteiger partial charge in [-0.1, -0.05) is 18.7 Å². The predicted octanol–water partition coefficient (Wildman–Crippen LogP) is 1.85. The van der Waals surface area contributed by atoms with Gasteiger partial charge in [0, 0.05) is 0 Å². The lowest BCUT2D eigenvalue weighted by atomic mass is 10.1. The summed E-state index contributed by atoms with van der Waals surface area (Å²) in [4.78, 5) is 11.2. The van der Waals surface area contributed by atoms with Gasteiger partial charge in [-0.15, -0.1) is 0 Å². The fourth-order valence-electron chi connectivity index (χ4n) is 1.23. The second-order valence-corrected chi connectivity index (χ2v) is 3.74. The number of benzene rings is 1. The Morgan fingerprint density at radius 3 is 2.82 bits per heavy atom. The highest BCUT2D eigenvalue weighted by Gasteiger charge is 2.17. The molecule has 0 saturated carbocycles. The zero-order chi connectivity index (χ0) is 12.8. The maximum atomic E-state index is 11.2. The Morgan fingerprint density at radius 2 is 2.24 bits per heavy atom. The minimum Gasteiger partial charge on any atom is -0.489 e. The van der Waals surface area contributed by atoms with Crippen molar-refractivity contribution in [2.45, 2.75) is 13.0 Å². The number of rotatable bonds is 5. The van der Waals surface area contributed by atoms with Crippen molar-refractivity contribution in [1.82, 2.24) is 0 Å². The third-order valence-electron chi connectivity index (χ3n) is 2.08. The van der Waals surface area contributed by atoms with E-state index in [1.807, 2.05) is 6.92 Å². The van der Waals surface area contributed by atoms with Crippen molar-refractivity contribution in [3.8, 4) is 5.75 Å². The average molecular weight is 236 g/mol. The number of ether oxygens (including phenoxy) is 2. The molecule has 0 spiro atoms. The number of carbonyl (C=O) groups is 1. The Balaban J connectivity index is 2.78. The molecule has 4 nitrogen and oxygen atoms in total. The monoisotopic (exact) mass is 236 g/mol. The molecule has 1 unspecified atom stereocenters. The van der Waals surface area contributed by atoms with E-state index in [0.29, 0.717) is 17.9 Å². The van der Waals surface area contributed by atoms with Crippen LogP contribution in [0.3, 0.4) is 0 Å². The van der Waals surface area contributed by atoms with Crippen LogP contribution in [0.4, 0.5) is 0 Å². The van der Waals surface area contributed by atoms with Gasteiger partial charge in [-0.25, -0.2) is 4.79 Å². The van der Waals surface area contributed by atoms with E-state index in [4.69, 9.17) is 4.74 Å². The van der Waals surface area contributed by atoms with Crippen LogP contribution >= 0.6 is 0 Å². The van der Waals surface area contributed by atoms with Gasteiger partial charge in [0.15, 0.2) is 6.10 Å². The van der Waals surface area contributed by atoms with Crippen molar-refractivity contribution in [3.63, 3.8) is 0 Å². The van der Waals surface area contributed by atoms with Crippen molar-refractivity contribution in [1.29, 1.82) is 0 Å². The lowest BCUT2D eigenvalue weighted by Gasteiger charge is -2.11. The van der Waals surface area contributed by atoms with Crippen LogP contribution in [0.5, 0.6) is 5.75 Å². The van der Waals surface area contributed by atoms with Crippen LogP contribution in [0.25, 0.3) is 0 Å². The molecular weight excluding hydrogens is 220 g/mol. The van der Waals surface area contributed by atoms with Crippen molar-refractivity contribution in [2.24, 2.45) is 0 Å². The van der Waals surface area contributed by atoms with E-state index in [2.05, 4.69) is 11.3 Å². The standard InChI is InChI=1S/C13H16O4/c1-9(2)8-17-11-6-4-5-10(7-11)12(14)13(15)16-3/h4-7,12,14H,1,8H2,2-3H3. The summed E-state index contributed by atoms with van der Waals surface area (Å²) in [5.74, 6) is -0.115. The summed E-state index contributed by atoms with van der Waals surface area (Å²) < 4.78 is 9.87. The summed E-state index contributed by atoms with van der Waals surface area (Å²) in [5.41, 5.74) is 1.33. The van der Waals surface area contributed by atoms with Gasteiger partial charge in [0.05, 0.1) is 7.11 Å². The van der Waals surface area contributed by atoms with Crippen molar-refractivity contribution < 1.29 is 19.4 Å². The number of methoxy groups -OCH3 is 1. The van der Waals surface area contributed by atoms with E-state index >= 15 is 0 Å². The largest absolute Gasteiger partial charge is 0.489 e. The van der Waals surface area contributed by atoms with Gasteiger partial charge in [0.25, 0.3) is 0 Å². The number of aliphatic hydroxyl groups excluding tert-OH is 1. The Labute approximate surface area is 100 Å². The normalized spacial score (nSPS) is 11.7. The lowest BCUT2D eigenvalue weighted by molar-refractivity contribution is -0.150. The van der Waals surface area contributed by atoms with Crippen molar-refractivity contribution >= 4 is 5.97 Å². The molecule has 0 aromatic heterocycles. The van der Waals surface area contributed by atoms with Gasteiger partial charge in [-0.2, -0.15) is 0 Å². The summed E-state index contributed by atoms with van der Waals surface area (Å²) in [7, 11) is 1.23. The topological polar surface area (TPSA) is 55.8 Å². The zero-order valence-electron chi connectivity index (χ0n) is 9.97. The van der Waals surface area contributed by atoms with Gasteiger partial charge in [0.2, 0.25) is 0 Å². The molecule has 0 aliphatic carbocycles. The molecule has 0 heterocycles. The quantitative estimate of drug-likeness (QED) is 0.626. The van der Waals surface area contributed by atoms with Crippen LogP contribution in [-0.2, 0) is 9.53 Å². The number of esters is 1. The summed E-state index contributed by atoms with van der Waals surface area (Å²) in [5, 5.41) is 9.64. The molecular formula is C13H16O4. The van der Waals surface area contributed by atoms with Crippen LogP contribution < -0.4 is 4.74 Å². The minimum atomic E-state index is -1.28. The van der Waals surface area contributed by atoms with Gasteiger partial charge >= 0.3 is 5.97 Å². The maximum absolute atomic E-state index is 11.2. The van der Waals surface area contributed by atoms with Crippen LogP contribution in [0.15, 0.2) is 36.4 Å². The number of carbonyl (C=O) groups excluding carboxylic acids is 1. The van der Waals surface area contributed by atoms with Gasteiger partial charge in [0.1, 0.15) is 12.4 Å². The molecule has 1 rings (SSSR count). The van der Waals surface area contributed by atoms with Crippen molar-refractivity contribution in [2.75, 3.05) is 13.7 Å². The average Bonchev–Trinajstić information content (AvgIpc) is 2.34. The van der Waals surface area contributed by atoms with E-state index in [9.17, 15) is 9.90 Å². The van der Waals surface area contributed by atoms with Gasteiger partial charge in [-0.3, -0.25) is 0 Å². The van der Waals surface area contributed by atoms with E-state index in [1.165, 1.54) is 7.11 Å². The Kier molecular flexibility index (Phi) is 4.72. The first kappa shape index (κ1) is 13.3. The van der Waals surface area contributed by atoms with E-state index < -0.39 is 12.1 Å². The second kappa shape index (κ2) is 6.06. The Hall–Kier alpha value is -1.81. The first-order valence-electron chi connectivity index (χ1n) is 5.17. The fourth-order valence-corrected chi connectivity index (χ4v) is 1.23. The Bertz CT molecular complexity index is 412. The lowest BCUT2D eigenvalue weighted by Crippen LogP contribution is -2.13. The third kappa shape index (κ3) is 3.92. The van der Waals surface area contributed by atoms with Crippen LogP contribution in [0.2, 0.25) is 0 Å². The molecule has 0 aliphatic heterocycles. The highest BCUT2D eigenvalue weighted by atomic mass is 16.5. The molecule has 0 aliphatic rings. The van der Waals surface area contributed by atoms with E-state index in [1.54, 1.807) is 24.3 Å². The highest BCUT2D eigenvalue weighted by Crippen LogP contribution is 2.20. The molecule has 0 amide bonds. The highest BCUT2D eigenvalue weighted by molar-refractivity contribution is 5.76. The molecule has 92 valence electrons. The Morgan fingerprint density at radius 1 is 1.53 bits per heavy atom. The molecule has 0 radical (unpaired) electrons. The smallest absolute Gasteiger partial charge is 0.339 e. The molecule has 1 atom stereocenters. The summed E-state index contributed by atoms with van der Waals surface area (Å²) in [6.07, 6.45) is -1.28. The SMILES string of the molecule is C=C(C)COc1cccc(C(O)C(=O)OC)c1. The maximum Gasteiger partial charge on any atom is 0.339 e. The predicted molar refractivity (Wildman–Crippen MR) is 63.7 cm³/mol.